The molecule has 0 aliphatic carbocycles. The third-order valence-electron chi connectivity index (χ3n) is 5.03. The number of halogens is 1. The van der Waals surface area contributed by atoms with Crippen molar-refractivity contribution in [2.75, 3.05) is 20.8 Å². The number of hydrogen-bond acceptors (Lipinski definition) is 7. The van der Waals surface area contributed by atoms with E-state index in [1.807, 2.05) is 48.5 Å². The lowest BCUT2D eigenvalue weighted by molar-refractivity contribution is 0.200. The van der Waals surface area contributed by atoms with Gasteiger partial charge in [-0.15, -0.1) is 5.10 Å². The minimum atomic E-state index is -0.563. The number of benzene rings is 3. The Hall–Kier alpha value is -3.92. The number of carbonyl (C=O) groups is 1. The molecule has 0 bridgehead atoms. The normalized spacial score (nSPS) is 10.6. The Balaban J connectivity index is 1.50. The summed E-state index contributed by atoms with van der Waals surface area (Å²) in [6, 6.07) is 18.7. The summed E-state index contributed by atoms with van der Waals surface area (Å²) in [7, 11) is 3.22. The van der Waals surface area contributed by atoms with Crippen LogP contribution < -0.4 is 19.5 Å². The van der Waals surface area contributed by atoms with Gasteiger partial charge in [0.1, 0.15) is 23.6 Å². The topological polar surface area (TPSA) is 100 Å². The third-order valence-corrected chi connectivity index (χ3v) is 5.65. The van der Waals surface area contributed by atoms with Crippen LogP contribution in [0.2, 0.25) is 0 Å². The van der Waals surface area contributed by atoms with E-state index in [-0.39, 0.29) is 0 Å². The van der Waals surface area contributed by atoms with Gasteiger partial charge in [0.2, 0.25) is 0 Å². The molecular weight excluding hydrogens is 502 g/mol. The van der Waals surface area contributed by atoms with E-state index in [2.05, 4.69) is 36.8 Å². The molecule has 10 heteroatoms. The summed E-state index contributed by atoms with van der Waals surface area (Å²) >= 11 is 3.47. The molecule has 9 nitrogen and oxygen atoms in total. The quantitative estimate of drug-likeness (QED) is 0.364. The van der Waals surface area contributed by atoms with Gasteiger partial charge in [-0.05, 0) is 74.2 Å². The zero-order valence-electron chi connectivity index (χ0n) is 18.6. The lowest BCUT2D eigenvalue weighted by atomic mass is 10.0. The summed E-state index contributed by atoms with van der Waals surface area (Å²) in [5, 5.41) is 14.1. The van der Waals surface area contributed by atoms with E-state index >= 15 is 0 Å². The zero-order chi connectivity index (χ0) is 23.9. The highest BCUT2D eigenvalue weighted by Crippen LogP contribution is 2.33. The average Bonchev–Trinajstić information content (AvgIpc) is 3.39. The molecule has 174 valence electrons. The molecule has 34 heavy (non-hydrogen) atoms. The van der Waals surface area contributed by atoms with Gasteiger partial charge in [-0.3, -0.25) is 0 Å². The van der Waals surface area contributed by atoms with Gasteiger partial charge in [0, 0.05) is 18.2 Å². The lowest BCUT2D eigenvalue weighted by Gasteiger charge is -2.13. The number of aromatic nitrogens is 4. The van der Waals surface area contributed by atoms with Crippen LogP contribution in [0.5, 0.6) is 17.2 Å². The molecule has 3 aromatic carbocycles. The number of carbonyl (C=O) groups excluding carboxylic acids is 1. The van der Waals surface area contributed by atoms with Crippen LogP contribution in [0.3, 0.4) is 0 Å². The highest BCUT2D eigenvalue weighted by Gasteiger charge is 2.13. The van der Waals surface area contributed by atoms with Crippen molar-refractivity contribution in [1.29, 1.82) is 0 Å². The maximum absolute atomic E-state index is 12.5. The van der Waals surface area contributed by atoms with E-state index in [4.69, 9.17) is 14.2 Å². The fourth-order valence-electron chi connectivity index (χ4n) is 3.41. The van der Waals surface area contributed by atoms with Crippen LogP contribution in [0.4, 0.5) is 4.79 Å². The number of nitrogens with zero attached hydrogens (tertiary/aromatic N) is 4. The molecule has 1 heterocycles. The highest BCUT2D eigenvalue weighted by molar-refractivity contribution is 9.10. The molecule has 0 saturated carbocycles. The van der Waals surface area contributed by atoms with Gasteiger partial charge in [-0.2, -0.15) is 0 Å². The van der Waals surface area contributed by atoms with E-state index in [1.54, 1.807) is 26.4 Å². The van der Waals surface area contributed by atoms with Gasteiger partial charge in [-0.1, -0.05) is 24.3 Å². The van der Waals surface area contributed by atoms with Gasteiger partial charge < -0.3 is 19.5 Å². The number of rotatable bonds is 8. The summed E-state index contributed by atoms with van der Waals surface area (Å²) < 4.78 is 18.7. The largest absolute Gasteiger partial charge is 0.496 e. The first-order valence-corrected chi connectivity index (χ1v) is 11.2. The Kier molecular flexibility index (Phi) is 7.38. The van der Waals surface area contributed by atoms with Crippen molar-refractivity contribution >= 4 is 22.0 Å². The monoisotopic (exact) mass is 523 g/mol. The van der Waals surface area contributed by atoms with Crippen LogP contribution in [0.25, 0.3) is 16.8 Å². The van der Waals surface area contributed by atoms with Gasteiger partial charge >= 0.3 is 6.09 Å². The van der Waals surface area contributed by atoms with E-state index < -0.39 is 6.09 Å². The molecule has 1 aromatic heterocycles. The van der Waals surface area contributed by atoms with Crippen LogP contribution in [-0.4, -0.2) is 47.1 Å². The van der Waals surface area contributed by atoms with Gasteiger partial charge in [0.05, 0.1) is 24.4 Å². The van der Waals surface area contributed by atoms with Gasteiger partial charge in [0.25, 0.3) is 0 Å². The van der Waals surface area contributed by atoms with Crippen molar-refractivity contribution in [2.45, 2.75) is 6.42 Å². The zero-order valence-corrected chi connectivity index (χ0v) is 20.2. The molecule has 0 spiro atoms. The van der Waals surface area contributed by atoms with Crippen molar-refractivity contribution < 1.29 is 19.0 Å². The van der Waals surface area contributed by atoms with E-state index in [0.29, 0.717) is 30.2 Å². The molecular formula is C24H22BrN5O4. The number of ether oxygens (including phenoxy) is 3. The first-order valence-electron chi connectivity index (χ1n) is 10.4. The maximum atomic E-state index is 12.5. The smallest absolute Gasteiger partial charge is 0.412 e. The van der Waals surface area contributed by atoms with Crippen molar-refractivity contribution in [3.8, 4) is 34.1 Å². The molecule has 0 aliphatic rings. The average molecular weight is 524 g/mol. The molecule has 4 aromatic rings. The minimum Gasteiger partial charge on any atom is -0.496 e. The predicted octanol–water partition coefficient (Wildman–Crippen LogP) is 4.44. The third kappa shape index (κ3) is 5.52. The maximum Gasteiger partial charge on any atom is 0.412 e. The molecule has 0 radical (unpaired) electrons. The van der Waals surface area contributed by atoms with Crippen molar-refractivity contribution in [1.82, 2.24) is 25.5 Å². The molecule has 0 saturated heterocycles. The van der Waals surface area contributed by atoms with E-state index in [9.17, 15) is 4.79 Å². The van der Waals surface area contributed by atoms with Crippen LogP contribution in [0.1, 0.15) is 5.56 Å². The summed E-state index contributed by atoms with van der Waals surface area (Å²) in [4.78, 5) is 12.5. The summed E-state index contributed by atoms with van der Waals surface area (Å²) in [5.41, 5.74) is 3.32. The first-order chi connectivity index (χ1) is 16.6. The van der Waals surface area contributed by atoms with Crippen molar-refractivity contribution in [2.24, 2.45) is 0 Å². The number of amides is 1. The molecule has 0 atom stereocenters. The predicted molar refractivity (Wildman–Crippen MR) is 130 cm³/mol. The molecule has 0 unspecified atom stereocenters. The van der Waals surface area contributed by atoms with Crippen LogP contribution in [-0.2, 0) is 6.42 Å². The number of para-hydroxylation sites is 1. The second kappa shape index (κ2) is 10.8. The number of methoxy groups -OCH3 is 2. The molecule has 1 amide bonds. The van der Waals surface area contributed by atoms with Crippen LogP contribution in [0, 0.1) is 0 Å². The Morgan fingerprint density at radius 3 is 2.59 bits per heavy atom. The fourth-order valence-corrected chi connectivity index (χ4v) is 4.00. The number of nitrogens with one attached hydrogen (secondary N) is 1. The first kappa shape index (κ1) is 23.2. The molecule has 4 rings (SSSR count). The van der Waals surface area contributed by atoms with Crippen LogP contribution in [0.15, 0.2) is 71.5 Å². The minimum absolute atomic E-state index is 0.346. The van der Waals surface area contributed by atoms with Crippen molar-refractivity contribution in [3.63, 3.8) is 0 Å². The Labute approximate surface area is 204 Å². The van der Waals surface area contributed by atoms with Gasteiger partial charge in [-0.25, -0.2) is 9.48 Å². The van der Waals surface area contributed by atoms with Gasteiger partial charge in [0.15, 0.2) is 0 Å². The standard InChI is InChI=1S/C24H22BrN5O4/c1-32-22-6-4-3-5-20(22)17-12-18(30-15-27-28-29-30)14-19(13-17)34-24(31)26-10-9-16-7-8-23(33-2)21(25)11-16/h3-8,11-15H,9-10H2,1-2H3,(H,26,31). The number of tetrazole rings is 1. The highest BCUT2D eigenvalue weighted by atomic mass is 79.9. The van der Waals surface area contributed by atoms with E-state index in [1.165, 1.54) is 11.0 Å². The summed E-state index contributed by atoms with van der Waals surface area (Å²) in [6.45, 7) is 0.406. The van der Waals surface area contributed by atoms with E-state index in [0.717, 1.165) is 26.9 Å². The van der Waals surface area contributed by atoms with Crippen LogP contribution >= 0.6 is 15.9 Å². The Morgan fingerprint density at radius 2 is 1.85 bits per heavy atom. The Morgan fingerprint density at radius 1 is 1.03 bits per heavy atom. The summed E-state index contributed by atoms with van der Waals surface area (Å²) in [6.07, 6.45) is 1.54. The molecule has 0 fully saturated rings. The second-order valence-corrected chi connectivity index (χ2v) is 8.06. The molecule has 1 N–H and O–H groups in total. The van der Waals surface area contributed by atoms with Crippen molar-refractivity contribution in [3.05, 3.63) is 77.0 Å². The summed E-state index contributed by atoms with van der Waals surface area (Å²) in [5.74, 6) is 1.79. The lowest BCUT2D eigenvalue weighted by Crippen LogP contribution is -2.28. The fraction of sp³-hybridized carbons (Fsp3) is 0.167. The molecule has 0 aliphatic heterocycles. The SMILES string of the molecule is COc1ccc(CCNC(=O)Oc2cc(-c3ccccc3OC)cc(-n3cnnn3)c2)cc1Br. The number of hydrogen-bond donors (Lipinski definition) is 1. The Bertz CT molecular complexity index is 1280. The second-order valence-electron chi connectivity index (χ2n) is 7.21.